The van der Waals surface area contributed by atoms with Crippen LogP contribution in [-0.2, 0) is 0 Å². The number of carbonyl (C=O) groups is 1. The number of Topliss-reactive ketones (excluding diaryl/α,β-unsaturated/α-hetero) is 1. The molecule has 2 aromatic carbocycles. The Morgan fingerprint density at radius 3 is 2.38 bits per heavy atom. The second-order valence-electron chi connectivity index (χ2n) is 9.76. The SMILES string of the molecule is CC1(C)CC(CC(=O)c2ccc(Oc3ccccc3C#N)c(Cl)c2)CC(C)(C)C1. The number of hydrogen-bond donors (Lipinski definition) is 0. The average Bonchev–Trinajstić information content (AvgIpc) is 2.61. The lowest BCUT2D eigenvalue weighted by molar-refractivity contribution is 0.0589. The highest BCUT2D eigenvalue weighted by Crippen LogP contribution is 2.49. The number of ketones is 1. The predicted molar refractivity (Wildman–Crippen MR) is 117 cm³/mol. The van der Waals surface area contributed by atoms with Crippen LogP contribution in [0, 0.1) is 28.1 Å². The van der Waals surface area contributed by atoms with Gasteiger partial charge in [0.25, 0.3) is 0 Å². The van der Waals surface area contributed by atoms with Crippen LogP contribution in [0.15, 0.2) is 42.5 Å². The zero-order valence-electron chi connectivity index (χ0n) is 17.6. The van der Waals surface area contributed by atoms with Crippen molar-refractivity contribution in [1.29, 1.82) is 5.26 Å². The maximum Gasteiger partial charge on any atom is 0.163 e. The van der Waals surface area contributed by atoms with Crippen LogP contribution in [0.25, 0.3) is 0 Å². The fraction of sp³-hybridized carbons (Fsp3) is 0.440. The van der Waals surface area contributed by atoms with E-state index >= 15 is 0 Å². The van der Waals surface area contributed by atoms with Crippen LogP contribution >= 0.6 is 11.6 Å². The molecule has 2 aromatic rings. The molecule has 4 heteroatoms. The largest absolute Gasteiger partial charge is 0.454 e. The summed E-state index contributed by atoms with van der Waals surface area (Å²) in [4.78, 5) is 12.9. The molecule has 0 saturated heterocycles. The van der Waals surface area contributed by atoms with Gasteiger partial charge in [-0.05, 0) is 66.3 Å². The zero-order valence-corrected chi connectivity index (χ0v) is 18.3. The van der Waals surface area contributed by atoms with Crippen molar-refractivity contribution in [3.05, 3.63) is 58.6 Å². The molecule has 29 heavy (non-hydrogen) atoms. The molecule has 3 nitrogen and oxygen atoms in total. The van der Waals surface area contributed by atoms with E-state index in [0.717, 1.165) is 12.8 Å². The third kappa shape index (κ3) is 5.40. The first-order chi connectivity index (χ1) is 13.6. The van der Waals surface area contributed by atoms with Gasteiger partial charge in [-0.2, -0.15) is 5.26 Å². The summed E-state index contributed by atoms with van der Waals surface area (Å²) in [7, 11) is 0. The highest BCUT2D eigenvalue weighted by Gasteiger charge is 2.39. The summed E-state index contributed by atoms with van der Waals surface area (Å²) in [5.74, 6) is 1.39. The lowest BCUT2D eigenvalue weighted by atomic mass is 9.60. The van der Waals surface area contributed by atoms with Gasteiger partial charge in [-0.15, -0.1) is 0 Å². The second kappa shape index (κ2) is 8.20. The van der Waals surface area contributed by atoms with Crippen LogP contribution in [0.2, 0.25) is 5.02 Å². The first kappa shape index (κ1) is 21.4. The predicted octanol–water partition coefficient (Wildman–Crippen LogP) is 7.43. The molecule has 0 spiro atoms. The standard InChI is InChI=1S/C25H28ClNO2/c1-24(2)13-17(14-25(3,4)16-24)11-21(28)18-9-10-23(20(26)12-18)29-22-8-6-5-7-19(22)15-27/h5-10,12,17H,11,13-14,16H2,1-4H3. The highest BCUT2D eigenvalue weighted by atomic mass is 35.5. The molecule has 0 heterocycles. The van der Waals surface area contributed by atoms with E-state index in [1.54, 1.807) is 42.5 Å². The number of benzene rings is 2. The summed E-state index contributed by atoms with van der Waals surface area (Å²) < 4.78 is 5.80. The Kier molecular flexibility index (Phi) is 6.05. The highest BCUT2D eigenvalue weighted by molar-refractivity contribution is 6.32. The Balaban J connectivity index is 1.73. The zero-order chi connectivity index (χ0) is 21.2. The molecule has 1 fully saturated rings. The van der Waals surface area contributed by atoms with E-state index in [1.807, 2.05) is 0 Å². The number of halogens is 1. The van der Waals surface area contributed by atoms with Gasteiger partial charge in [-0.1, -0.05) is 51.4 Å². The Labute approximate surface area is 178 Å². The number of carbonyl (C=O) groups excluding carboxylic acids is 1. The lowest BCUT2D eigenvalue weighted by Gasteiger charge is -2.45. The molecular formula is C25H28ClNO2. The van der Waals surface area contributed by atoms with Crippen molar-refractivity contribution in [2.45, 2.75) is 53.4 Å². The van der Waals surface area contributed by atoms with Gasteiger partial charge in [0.05, 0.1) is 10.6 Å². The lowest BCUT2D eigenvalue weighted by Crippen LogP contribution is -2.34. The number of rotatable bonds is 5. The van der Waals surface area contributed by atoms with E-state index in [9.17, 15) is 10.1 Å². The second-order valence-corrected chi connectivity index (χ2v) is 10.2. The molecule has 0 radical (unpaired) electrons. The molecule has 0 bridgehead atoms. The van der Waals surface area contributed by atoms with Gasteiger partial charge in [-0.25, -0.2) is 0 Å². The van der Waals surface area contributed by atoms with E-state index in [2.05, 4.69) is 33.8 Å². The van der Waals surface area contributed by atoms with Crippen molar-refractivity contribution in [2.75, 3.05) is 0 Å². The molecule has 1 aliphatic rings. The minimum absolute atomic E-state index is 0.120. The fourth-order valence-electron chi connectivity index (χ4n) is 5.12. The molecule has 1 aliphatic carbocycles. The van der Waals surface area contributed by atoms with Gasteiger partial charge in [0.1, 0.15) is 17.6 Å². The van der Waals surface area contributed by atoms with Crippen LogP contribution in [0.3, 0.4) is 0 Å². The molecule has 1 saturated carbocycles. The minimum Gasteiger partial charge on any atom is -0.454 e. The molecule has 0 N–H and O–H groups in total. The molecular weight excluding hydrogens is 382 g/mol. The van der Waals surface area contributed by atoms with Gasteiger partial charge >= 0.3 is 0 Å². The van der Waals surface area contributed by atoms with Crippen molar-refractivity contribution in [2.24, 2.45) is 16.7 Å². The smallest absolute Gasteiger partial charge is 0.163 e. The average molecular weight is 410 g/mol. The first-order valence-corrected chi connectivity index (χ1v) is 10.5. The molecule has 0 unspecified atom stereocenters. The third-order valence-corrected chi connectivity index (χ3v) is 5.89. The van der Waals surface area contributed by atoms with E-state index in [0.29, 0.717) is 40.0 Å². The number of nitriles is 1. The molecule has 152 valence electrons. The maximum absolute atomic E-state index is 12.9. The topological polar surface area (TPSA) is 50.1 Å². The Bertz CT molecular complexity index is 940. The summed E-state index contributed by atoms with van der Waals surface area (Å²) in [5, 5.41) is 9.57. The van der Waals surface area contributed by atoms with Gasteiger partial charge in [0.2, 0.25) is 0 Å². The number of ether oxygens (including phenoxy) is 1. The van der Waals surface area contributed by atoms with Crippen molar-refractivity contribution in [3.8, 4) is 17.6 Å². The molecule has 0 aromatic heterocycles. The summed E-state index contributed by atoms with van der Waals surface area (Å²) in [5.41, 5.74) is 1.56. The Morgan fingerprint density at radius 2 is 1.76 bits per heavy atom. The summed E-state index contributed by atoms with van der Waals surface area (Å²) in [6.45, 7) is 9.20. The van der Waals surface area contributed by atoms with Gasteiger partial charge in [0.15, 0.2) is 5.78 Å². The maximum atomic E-state index is 12.9. The summed E-state index contributed by atoms with van der Waals surface area (Å²) >= 11 is 6.39. The molecule has 3 rings (SSSR count). The van der Waals surface area contributed by atoms with Crippen molar-refractivity contribution < 1.29 is 9.53 Å². The van der Waals surface area contributed by atoms with Crippen LogP contribution < -0.4 is 4.74 Å². The van der Waals surface area contributed by atoms with Gasteiger partial charge < -0.3 is 4.74 Å². The van der Waals surface area contributed by atoms with E-state index < -0.39 is 0 Å². The van der Waals surface area contributed by atoms with Crippen LogP contribution in [0.4, 0.5) is 0 Å². The van der Waals surface area contributed by atoms with Crippen LogP contribution in [0.5, 0.6) is 11.5 Å². The monoisotopic (exact) mass is 409 g/mol. The molecule has 0 atom stereocenters. The third-order valence-electron chi connectivity index (χ3n) is 5.59. The Morgan fingerprint density at radius 1 is 1.10 bits per heavy atom. The van der Waals surface area contributed by atoms with E-state index in [1.165, 1.54) is 6.42 Å². The van der Waals surface area contributed by atoms with Gasteiger partial charge in [0, 0.05) is 12.0 Å². The molecule has 0 aliphatic heterocycles. The minimum atomic E-state index is 0.120. The normalized spacial score (nSPS) is 18.1. The quantitative estimate of drug-likeness (QED) is 0.482. The van der Waals surface area contributed by atoms with Crippen molar-refractivity contribution >= 4 is 17.4 Å². The first-order valence-electron chi connectivity index (χ1n) is 10.1. The fourth-order valence-corrected chi connectivity index (χ4v) is 5.34. The summed E-state index contributed by atoms with van der Waals surface area (Å²) in [6.07, 6.45) is 3.87. The molecule has 0 amide bonds. The number of para-hydroxylation sites is 1. The van der Waals surface area contributed by atoms with Crippen molar-refractivity contribution in [3.63, 3.8) is 0 Å². The number of nitrogens with zero attached hydrogens (tertiary/aromatic N) is 1. The summed E-state index contributed by atoms with van der Waals surface area (Å²) in [6, 6.07) is 14.2. The van der Waals surface area contributed by atoms with E-state index in [4.69, 9.17) is 16.3 Å². The van der Waals surface area contributed by atoms with Crippen molar-refractivity contribution in [1.82, 2.24) is 0 Å². The number of hydrogen-bond acceptors (Lipinski definition) is 3. The van der Waals surface area contributed by atoms with E-state index in [-0.39, 0.29) is 16.6 Å². The van der Waals surface area contributed by atoms with Gasteiger partial charge in [-0.3, -0.25) is 4.79 Å². The van der Waals surface area contributed by atoms with Crippen LogP contribution in [-0.4, -0.2) is 5.78 Å². The van der Waals surface area contributed by atoms with Crippen LogP contribution in [0.1, 0.15) is 69.3 Å². The Hall–Kier alpha value is -2.31.